The summed E-state index contributed by atoms with van der Waals surface area (Å²) in [5.41, 5.74) is 6.44. The zero-order valence-corrected chi connectivity index (χ0v) is 15.4. The molecule has 0 aliphatic rings. The number of halogens is 1. The van der Waals surface area contributed by atoms with E-state index in [1.54, 1.807) is 12.3 Å². The van der Waals surface area contributed by atoms with Gasteiger partial charge in [-0.2, -0.15) is 10.4 Å². The zero-order valence-electron chi connectivity index (χ0n) is 14.6. The summed E-state index contributed by atoms with van der Waals surface area (Å²) in [4.78, 5) is 0. The summed E-state index contributed by atoms with van der Waals surface area (Å²) in [5.74, 6) is 0.710. The van der Waals surface area contributed by atoms with Gasteiger partial charge in [0.05, 0.1) is 24.4 Å². The Hall–Kier alpha value is -3.29. The molecule has 3 aromatic rings. The van der Waals surface area contributed by atoms with Gasteiger partial charge in [0.15, 0.2) is 0 Å². The summed E-state index contributed by atoms with van der Waals surface area (Å²) in [6, 6.07) is 24.9. The Balaban J connectivity index is 1.61. The number of nitrogens with zero attached hydrogens (tertiary/aromatic N) is 2. The Labute approximate surface area is 163 Å². The maximum atomic E-state index is 9.18. The van der Waals surface area contributed by atoms with Gasteiger partial charge in [-0.3, -0.25) is 0 Å². The molecule has 0 unspecified atom stereocenters. The third kappa shape index (κ3) is 5.34. The van der Waals surface area contributed by atoms with Gasteiger partial charge in [0.25, 0.3) is 0 Å². The predicted octanol–water partition coefficient (Wildman–Crippen LogP) is 4.91. The molecule has 4 nitrogen and oxygen atoms in total. The number of hydrogen-bond donors (Lipinski definition) is 1. The van der Waals surface area contributed by atoms with Crippen molar-refractivity contribution in [3.63, 3.8) is 0 Å². The lowest BCUT2D eigenvalue weighted by atomic mass is 10.1. The molecule has 0 aliphatic heterocycles. The second kappa shape index (κ2) is 9.42. The first-order valence-corrected chi connectivity index (χ1v) is 8.84. The van der Waals surface area contributed by atoms with Crippen molar-refractivity contribution in [2.45, 2.75) is 13.2 Å². The highest BCUT2D eigenvalue weighted by Crippen LogP contribution is 2.18. The van der Waals surface area contributed by atoms with Crippen molar-refractivity contribution in [2.24, 2.45) is 5.10 Å². The van der Waals surface area contributed by atoms with E-state index in [0.717, 1.165) is 16.7 Å². The van der Waals surface area contributed by atoms with E-state index < -0.39 is 0 Å². The summed E-state index contributed by atoms with van der Waals surface area (Å²) in [7, 11) is 0. The largest absolute Gasteiger partial charge is 0.488 e. The van der Waals surface area contributed by atoms with Crippen molar-refractivity contribution in [1.29, 1.82) is 5.26 Å². The lowest BCUT2D eigenvalue weighted by Gasteiger charge is -2.10. The van der Waals surface area contributed by atoms with Crippen LogP contribution in [0.1, 0.15) is 22.3 Å². The molecular formula is C22H18ClN3O. The summed E-state index contributed by atoms with van der Waals surface area (Å²) >= 11 is 5.88. The molecule has 0 spiro atoms. The SMILES string of the molecule is N#Cc1ccccc1COc1ccccc1/C=N\NCc1ccc(Cl)cc1. The van der Waals surface area contributed by atoms with E-state index in [0.29, 0.717) is 29.5 Å². The summed E-state index contributed by atoms with van der Waals surface area (Å²) in [5, 5.41) is 14.2. The van der Waals surface area contributed by atoms with Crippen molar-refractivity contribution in [3.8, 4) is 11.8 Å². The number of ether oxygens (including phenoxy) is 1. The van der Waals surface area contributed by atoms with E-state index in [1.165, 1.54) is 0 Å². The van der Waals surface area contributed by atoms with Gasteiger partial charge in [-0.25, -0.2) is 0 Å². The molecule has 0 fully saturated rings. The van der Waals surface area contributed by atoms with Gasteiger partial charge < -0.3 is 10.2 Å². The van der Waals surface area contributed by atoms with Crippen LogP contribution in [0.3, 0.4) is 0 Å². The minimum Gasteiger partial charge on any atom is -0.488 e. The van der Waals surface area contributed by atoms with Crippen LogP contribution in [0.25, 0.3) is 0 Å². The van der Waals surface area contributed by atoms with Gasteiger partial charge in [0.1, 0.15) is 12.4 Å². The smallest absolute Gasteiger partial charge is 0.128 e. The molecule has 5 heteroatoms. The number of para-hydroxylation sites is 1. The standard InChI is InChI=1S/C22H18ClN3O/c23-21-11-9-17(10-12-21)14-25-26-15-19-6-3-4-8-22(19)27-16-20-7-2-1-5-18(20)13-24/h1-12,15,25H,14,16H2/b26-15-. The fraction of sp³-hybridized carbons (Fsp3) is 0.0909. The normalized spacial score (nSPS) is 10.5. The molecule has 0 atom stereocenters. The number of hydrazone groups is 1. The van der Waals surface area contributed by atoms with Gasteiger partial charge in [-0.1, -0.05) is 54.1 Å². The molecule has 1 N–H and O–H groups in total. The van der Waals surface area contributed by atoms with Gasteiger partial charge in [-0.05, 0) is 35.9 Å². The van der Waals surface area contributed by atoms with Crippen molar-refractivity contribution >= 4 is 17.8 Å². The molecule has 0 bridgehead atoms. The molecule has 0 heterocycles. The maximum absolute atomic E-state index is 9.18. The first-order chi connectivity index (χ1) is 13.3. The fourth-order valence-corrected chi connectivity index (χ4v) is 2.61. The molecule has 3 rings (SSSR count). The molecule has 0 radical (unpaired) electrons. The highest BCUT2D eigenvalue weighted by atomic mass is 35.5. The van der Waals surface area contributed by atoms with E-state index in [-0.39, 0.29) is 0 Å². The summed E-state index contributed by atoms with van der Waals surface area (Å²) < 4.78 is 5.91. The third-order valence-corrected chi connectivity index (χ3v) is 4.18. The Bertz CT molecular complexity index is 962. The Kier molecular flexibility index (Phi) is 6.45. The van der Waals surface area contributed by atoms with Crippen LogP contribution in [0.5, 0.6) is 5.75 Å². The van der Waals surface area contributed by atoms with Gasteiger partial charge in [-0.15, -0.1) is 0 Å². The van der Waals surface area contributed by atoms with Crippen molar-refractivity contribution in [2.75, 3.05) is 0 Å². The van der Waals surface area contributed by atoms with E-state index in [1.807, 2.05) is 66.7 Å². The highest BCUT2D eigenvalue weighted by Gasteiger charge is 2.04. The number of rotatable bonds is 7. The summed E-state index contributed by atoms with van der Waals surface area (Å²) in [6.07, 6.45) is 1.72. The molecular weight excluding hydrogens is 358 g/mol. The monoisotopic (exact) mass is 375 g/mol. The minimum atomic E-state index is 0.326. The Morgan fingerprint density at radius 2 is 1.74 bits per heavy atom. The molecule has 0 amide bonds. The molecule has 27 heavy (non-hydrogen) atoms. The Morgan fingerprint density at radius 3 is 2.56 bits per heavy atom. The zero-order chi connectivity index (χ0) is 18.9. The van der Waals surface area contributed by atoms with Crippen LogP contribution in [0, 0.1) is 11.3 Å². The van der Waals surface area contributed by atoms with Crippen LogP contribution in [0.2, 0.25) is 5.02 Å². The van der Waals surface area contributed by atoms with Crippen molar-refractivity contribution < 1.29 is 4.74 Å². The highest BCUT2D eigenvalue weighted by molar-refractivity contribution is 6.30. The average molecular weight is 376 g/mol. The van der Waals surface area contributed by atoms with Crippen LogP contribution in [0.4, 0.5) is 0 Å². The molecule has 0 saturated heterocycles. The van der Waals surface area contributed by atoms with Gasteiger partial charge in [0.2, 0.25) is 0 Å². The van der Waals surface area contributed by atoms with Crippen LogP contribution in [-0.4, -0.2) is 6.21 Å². The predicted molar refractivity (Wildman–Crippen MR) is 108 cm³/mol. The average Bonchev–Trinajstić information content (AvgIpc) is 2.72. The van der Waals surface area contributed by atoms with Gasteiger partial charge in [0, 0.05) is 16.1 Å². The molecule has 0 aromatic heterocycles. The second-order valence-corrected chi connectivity index (χ2v) is 6.25. The molecule has 0 saturated carbocycles. The van der Waals surface area contributed by atoms with Crippen LogP contribution >= 0.6 is 11.6 Å². The lowest BCUT2D eigenvalue weighted by Crippen LogP contribution is -2.06. The van der Waals surface area contributed by atoms with E-state index in [4.69, 9.17) is 16.3 Å². The number of hydrogen-bond acceptors (Lipinski definition) is 4. The minimum absolute atomic E-state index is 0.326. The molecule has 3 aromatic carbocycles. The number of benzene rings is 3. The fourth-order valence-electron chi connectivity index (χ4n) is 2.48. The second-order valence-electron chi connectivity index (χ2n) is 5.82. The maximum Gasteiger partial charge on any atom is 0.128 e. The van der Waals surface area contributed by atoms with E-state index in [9.17, 15) is 5.26 Å². The van der Waals surface area contributed by atoms with Crippen molar-refractivity contribution in [1.82, 2.24) is 5.43 Å². The lowest BCUT2D eigenvalue weighted by molar-refractivity contribution is 0.305. The van der Waals surface area contributed by atoms with Crippen molar-refractivity contribution in [3.05, 3.63) is 100 Å². The number of nitriles is 1. The Morgan fingerprint density at radius 1 is 1.00 bits per heavy atom. The molecule has 134 valence electrons. The topological polar surface area (TPSA) is 57.4 Å². The van der Waals surface area contributed by atoms with Crippen LogP contribution in [0.15, 0.2) is 77.9 Å². The molecule has 0 aliphatic carbocycles. The van der Waals surface area contributed by atoms with Crippen LogP contribution in [-0.2, 0) is 13.2 Å². The van der Waals surface area contributed by atoms with Gasteiger partial charge >= 0.3 is 0 Å². The van der Waals surface area contributed by atoms with E-state index >= 15 is 0 Å². The first kappa shape index (κ1) is 18.5. The quantitative estimate of drug-likeness (QED) is 0.471. The van der Waals surface area contributed by atoms with Crippen LogP contribution < -0.4 is 10.2 Å². The third-order valence-electron chi connectivity index (χ3n) is 3.93. The van der Waals surface area contributed by atoms with E-state index in [2.05, 4.69) is 16.6 Å². The number of nitrogens with one attached hydrogen (secondary N) is 1. The summed E-state index contributed by atoms with van der Waals surface area (Å²) in [6.45, 7) is 0.930. The first-order valence-electron chi connectivity index (χ1n) is 8.46.